The molecule has 0 spiro atoms. The molecule has 104 valence electrons. The lowest BCUT2D eigenvalue weighted by molar-refractivity contribution is -0.00667. The van der Waals surface area contributed by atoms with E-state index in [1.807, 2.05) is 0 Å². The second kappa shape index (κ2) is 5.89. The van der Waals surface area contributed by atoms with Gasteiger partial charge in [-0.2, -0.15) is 0 Å². The van der Waals surface area contributed by atoms with Gasteiger partial charge in [-0.3, -0.25) is 0 Å². The molecule has 18 heavy (non-hydrogen) atoms. The van der Waals surface area contributed by atoms with Crippen molar-refractivity contribution in [2.45, 2.75) is 69.6 Å². The number of aliphatic hydroxyl groups excluding tert-OH is 1. The minimum Gasteiger partial charge on any atom is -0.389 e. The van der Waals surface area contributed by atoms with Gasteiger partial charge in [0, 0.05) is 12.6 Å². The summed E-state index contributed by atoms with van der Waals surface area (Å²) in [6.45, 7) is 1.23. The van der Waals surface area contributed by atoms with Crippen LogP contribution in [0.2, 0.25) is 0 Å². The highest BCUT2D eigenvalue weighted by Crippen LogP contribution is 2.44. The minimum atomic E-state index is -0.328. The smallest absolute Gasteiger partial charge is 0.0897 e. The Morgan fingerprint density at radius 1 is 1.00 bits per heavy atom. The third-order valence-electron chi connectivity index (χ3n) is 4.68. The summed E-state index contributed by atoms with van der Waals surface area (Å²) in [5, 5.41) is 13.6. The van der Waals surface area contributed by atoms with Crippen LogP contribution < -0.4 is 5.32 Å². The predicted octanol–water partition coefficient (Wildman–Crippen LogP) is 2.08. The van der Waals surface area contributed by atoms with Crippen LogP contribution in [-0.2, 0) is 4.74 Å². The van der Waals surface area contributed by atoms with Crippen molar-refractivity contribution >= 4 is 0 Å². The van der Waals surface area contributed by atoms with E-state index in [2.05, 4.69) is 5.32 Å². The zero-order valence-electron chi connectivity index (χ0n) is 11.3. The van der Waals surface area contributed by atoms with Crippen LogP contribution in [0.25, 0.3) is 0 Å². The Hall–Kier alpha value is -0.120. The van der Waals surface area contributed by atoms with Gasteiger partial charge in [-0.15, -0.1) is 0 Å². The molecule has 0 aromatic carbocycles. The quantitative estimate of drug-likeness (QED) is 0.696. The zero-order chi connectivity index (χ0) is 12.4. The first-order valence-corrected chi connectivity index (χ1v) is 7.86. The maximum absolute atomic E-state index is 9.98. The van der Waals surface area contributed by atoms with Gasteiger partial charge < -0.3 is 15.2 Å². The average molecular weight is 253 g/mol. The average Bonchev–Trinajstić information content (AvgIpc) is 3.29. The molecule has 3 saturated carbocycles. The Balaban J connectivity index is 1.31. The van der Waals surface area contributed by atoms with Crippen molar-refractivity contribution in [3.8, 4) is 0 Å². The molecule has 3 heteroatoms. The molecular formula is C15H27NO2. The highest BCUT2D eigenvalue weighted by molar-refractivity contribution is 4.96. The third kappa shape index (κ3) is 3.69. The molecule has 3 aliphatic carbocycles. The number of aliphatic hydroxyl groups is 1. The SMILES string of the molecule is OC(CNC(C1CC1)C1CC1)COC1CCCC1. The van der Waals surface area contributed by atoms with Gasteiger partial charge in [0.05, 0.1) is 18.8 Å². The van der Waals surface area contributed by atoms with Crippen LogP contribution >= 0.6 is 0 Å². The molecule has 0 heterocycles. The second-order valence-corrected chi connectivity index (χ2v) is 6.50. The molecule has 0 bridgehead atoms. The van der Waals surface area contributed by atoms with Crippen LogP contribution in [0.3, 0.4) is 0 Å². The maximum Gasteiger partial charge on any atom is 0.0897 e. The molecule has 0 amide bonds. The normalized spacial score (nSPS) is 27.0. The third-order valence-corrected chi connectivity index (χ3v) is 4.68. The fourth-order valence-electron chi connectivity index (χ4n) is 3.26. The molecule has 2 N–H and O–H groups in total. The molecule has 1 unspecified atom stereocenters. The molecule has 0 saturated heterocycles. The summed E-state index contributed by atoms with van der Waals surface area (Å²) in [4.78, 5) is 0. The summed E-state index contributed by atoms with van der Waals surface area (Å²) in [7, 11) is 0. The molecule has 0 aromatic heterocycles. The van der Waals surface area contributed by atoms with Crippen LogP contribution in [0, 0.1) is 11.8 Å². The molecule has 0 aliphatic heterocycles. The van der Waals surface area contributed by atoms with Crippen molar-refractivity contribution < 1.29 is 9.84 Å². The van der Waals surface area contributed by atoms with Gasteiger partial charge in [-0.05, 0) is 50.4 Å². The molecule has 3 nitrogen and oxygen atoms in total. The number of ether oxygens (including phenoxy) is 1. The van der Waals surface area contributed by atoms with E-state index in [1.54, 1.807) is 0 Å². The van der Waals surface area contributed by atoms with E-state index in [4.69, 9.17) is 4.74 Å². The van der Waals surface area contributed by atoms with Crippen LogP contribution in [-0.4, -0.2) is 36.5 Å². The Bertz CT molecular complexity index is 245. The lowest BCUT2D eigenvalue weighted by Gasteiger charge is -2.21. The van der Waals surface area contributed by atoms with E-state index in [9.17, 15) is 5.11 Å². The number of hydrogen-bond acceptors (Lipinski definition) is 3. The van der Waals surface area contributed by atoms with Gasteiger partial charge in [-0.25, -0.2) is 0 Å². The molecule has 3 aliphatic rings. The van der Waals surface area contributed by atoms with Crippen LogP contribution in [0.4, 0.5) is 0 Å². The summed E-state index contributed by atoms with van der Waals surface area (Å²) in [5.41, 5.74) is 0. The minimum absolute atomic E-state index is 0.328. The van der Waals surface area contributed by atoms with Gasteiger partial charge in [0.2, 0.25) is 0 Å². The molecule has 0 aromatic rings. The lowest BCUT2D eigenvalue weighted by Crippen LogP contribution is -2.40. The molecule has 1 atom stereocenters. The molecule has 3 rings (SSSR count). The summed E-state index contributed by atoms with van der Waals surface area (Å²) in [5.74, 6) is 1.81. The Labute approximate surface area is 110 Å². The maximum atomic E-state index is 9.98. The van der Waals surface area contributed by atoms with E-state index in [0.29, 0.717) is 25.3 Å². The second-order valence-electron chi connectivity index (χ2n) is 6.50. The standard InChI is InChI=1S/C15H27NO2/c17-13(10-18-14-3-1-2-4-14)9-16-15(11-5-6-11)12-7-8-12/h11-17H,1-10H2. The van der Waals surface area contributed by atoms with Crippen molar-refractivity contribution in [1.82, 2.24) is 5.32 Å². The Morgan fingerprint density at radius 3 is 2.17 bits per heavy atom. The molecule has 3 fully saturated rings. The lowest BCUT2D eigenvalue weighted by atomic mass is 10.1. The van der Waals surface area contributed by atoms with Crippen molar-refractivity contribution in [2.75, 3.05) is 13.2 Å². The largest absolute Gasteiger partial charge is 0.389 e. The monoisotopic (exact) mass is 253 g/mol. The predicted molar refractivity (Wildman–Crippen MR) is 71.5 cm³/mol. The van der Waals surface area contributed by atoms with Crippen molar-refractivity contribution in [2.24, 2.45) is 11.8 Å². The fraction of sp³-hybridized carbons (Fsp3) is 1.00. The summed E-state index contributed by atoms with van der Waals surface area (Å²) in [6, 6.07) is 0.686. The first kappa shape index (κ1) is 12.9. The van der Waals surface area contributed by atoms with Crippen molar-refractivity contribution in [3.05, 3.63) is 0 Å². The summed E-state index contributed by atoms with van der Waals surface area (Å²) in [6.07, 6.45) is 10.6. The van der Waals surface area contributed by atoms with E-state index in [1.165, 1.54) is 51.4 Å². The Morgan fingerprint density at radius 2 is 1.61 bits per heavy atom. The Kier molecular flexibility index (Phi) is 4.22. The van der Waals surface area contributed by atoms with Crippen LogP contribution in [0.15, 0.2) is 0 Å². The van der Waals surface area contributed by atoms with E-state index in [-0.39, 0.29) is 6.10 Å². The summed E-state index contributed by atoms with van der Waals surface area (Å²) >= 11 is 0. The number of rotatable bonds is 8. The van der Waals surface area contributed by atoms with Gasteiger partial charge in [0.25, 0.3) is 0 Å². The molecular weight excluding hydrogens is 226 g/mol. The van der Waals surface area contributed by atoms with E-state index < -0.39 is 0 Å². The van der Waals surface area contributed by atoms with Crippen molar-refractivity contribution in [1.29, 1.82) is 0 Å². The van der Waals surface area contributed by atoms with Gasteiger partial charge >= 0.3 is 0 Å². The van der Waals surface area contributed by atoms with Crippen molar-refractivity contribution in [3.63, 3.8) is 0 Å². The van der Waals surface area contributed by atoms with Gasteiger partial charge in [0.1, 0.15) is 0 Å². The first-order chi connectivity index (χ1) is 8.83. The van der Waals surface area contributed by atoms with E-state index in [0.717, 1.165) is 11.8 Å². The highest BCUT2D eigenvalue weighted by atomic mass is 16.5. The van der Waals surface area contributed by atoms with Crippen LogP contribution in [0.1, 0.15) is 51.4 Å². The van der Waals surface area contributed by atoms with Gasteiger partial charge in [-0.1, -0.05) is 12.8 Å². The highest BCUT2D eigenvalue weighted by Gasteiger charge is 2.41. The van der Waals surface area contributed by atoms with Crippen LogP contribution in [0.5, 0.6) is 0 Å². The van der Waals surface area contributed by atoms with E-state index >= 15 is 0 Å². The first-order valence-electron chi connectivity index (χ1n) is 7.86. The topological polar surface area (TPSA) is 41.5 Å². The summed E-state index contributed by atoms with van der Waals surface area (Å²) < 4.78 is 5.76. The molecule has 0 radical (unpaired) electrons. The number of nitrogens with one attached hydrogen (secondary N) is 1. The van der Waals surface area contributed by atoms with Gasteiger partial charge in [0.15, 0.2) is 0 Å². The zero-order valence-corrected chi connectivity index (χ0v) is 11.3. The fourth-order valence-corrected chi connectivity index (χ4v) is 3.26. The number of hydrogen-bond donors (Lipinski definition) is 2.